The van der Waals surface area contributed by atoms with Crippen molar-refractivity contribution in [2.45, 2.75) is 32.1 Å². The highest BCUT2D eigenvalue weighted by Gasteiger charge is 2.24. The van der Waals surface area contributed by atoms with Crippen LogP contribution in [0.3, 0.4) is 0 Å². The number of rotatable bonds is 4. The van der Waals surface area contributed by atoms with Gasteiger partial charge >= 0.3 is 0 Å². The Hall–Kier alpha value is -1.35. The molecular formula is C18H26N2O. The molecule has 3 rings (SSSR count). The van der Waals surface area contributed by atoms with Crippen molar-refractivity contribution < 1.29 is 4.79 Å². The molecule has 21 heavy (non-hydrogen) atoms. The lowest BCUT2D eigenvalue weighted by molar-refractivity contribution is -0.125. The van der Waals surface area contributed by atoms with Gasteiger partial charge in [-0.3, -0.25) is 9.69 Å². The number of nitrogens with zero attached hydrogens (tertiary/aromatic N) is 2. The minimum absolute atomic E-state index is 0.353. The van der Waals surface area contributed by atoms with Gasteiger partial charge in [0.1, 0.15) is 5.78 Å². The molecule has 0 atom stereocenters. The van der Waals surface area contributed by atoms with E-state index in [9.17, 15) is 4.79 Å². The van der Waals surface area contributed by atoms with E-state index >= 15 is 0 Å². The summed E-state index contributed by atoms with van der Waals surface area (Å²) in [7, 11) is 0. The molecule has 0 bridgehead atoms. The first-order valence-electron chi connectivity index (χ1n) is 8.38. The maximum atomic E-state index is 12.4. The first kappa shape index (κ1) is 14.6. The molecule has 3 heteroatoms. The maximum Gasteiger partial charge on any atom is 0.149 e. The van der Waals surface area contributed by atoms with Crippen LogP contribution in [-0.4, -0.2) is 43.4 Å². The summed E-state index contributed by atoms with van der Waals surface area (Å²) in [6.07, 6.45) is 6.07. The number of piperazine rings is 1. The normalized spacial score (nSPS) is 21.4. The van der Waals surface area contributed by atoms with E-state index in [1.807, 2.05) is 0 Å². The Bertz CT molecular complexity index is 446. The Morgan fingerprint density at radius 2 is 1.62 bits per heavy atom. The average molecular weight is 286 g/mol. The molecule has 1 aromatic carbocycles. The van der Waals surface area contributed by atoms with E-state index in [1.54, 1.807) is 0 Å². The van der Waals surface area contributed by atoms with Crippen molar-refractivity contribution in [2.24, 2.45) is 5.92 Å². The summed E-state index contributed by atoms with van der Waals surface area (Å²) < 4.78 is 0. The van der Waals surface area contributed by atoms with Gasteiger partial charge in [0.05, 0.1) is 6.54 Å². The molecule has 0 aromatic heterocycles. The topological polar surface area (TPSA) is 23.6 Å². The molecule has 0 spiro atoms. The summed E-state index contributed by atoms with van der Waals surface area (Å²) in [5, 5.41) is 0. The zero-order valence-corrected chi connectivity index (χ0v) is 12.8. The van der Waals surface area contributed by atoms with Crippen LogP contribution in [0.2, 0.25) is 0 Å². The maximum absolute atomic E-state index is 12.4. The summed E-state index contributed by atoms with van der Waals surface area (Å²) in [5.41, 5.74) is 1.30. The Labute approximate surface area is 127 Å². The fourth-order valence-electron chi connectivity index (χ4n) is 3.58. The zero-order chi connectivity index (χ0) is 14.5. The van der Waals surface area contributed by atoms with E-state index in [1.165, 1.54) is 24.9 Å². The van der Waals surface area contributed by atoms with Crippen LogP contribution < -0.4 is 4.90 Å². The second-order valence-electron chi connectivity index (χ2n) is 6.40. The largest absolute Gasteiger partial charge is 0.369 e. The summed E-state index contributed by atoms with van der Waals surface area (Å²) >= 11 is 0. The monoisotopic (exact) mass is 286 g/mol. The predicted octanol–water partition coefficient (Wildman–Crippen LogP) is 2.96. The van der Waals surface area contributed by atoms with Gasteiger partial charge in [0, 0.05) is 37.8 Å². The highest BCUT2D eigenvalue weighted by atomic mass is 16.1. The van der Waals surface area contributed by atoms with Gasteiger partial charge in [-0.25, -0.2) is 0 Å². The molecule has 1 heterocycles. The number of hydrogen-bond donors (Lipinski definition) is 0. The molecule has 3 nitrogen and oxygen atoms in total. The molecule has 114 valence electrons. The Morgan fingerprint density at radius 1 is 0.952 bits per heavy atom. The number of benzene rings is 1. The van der Waals surface area contributed by atoms with Crippen molar-refractivity contribution in [2.75, 3.05) is 37.6 Å². The van der Waals surface area contributed by atoms with Crippen LogP contribution in [0.4, 0.5) is 5.69 Å². The molecule has 1 saturated carbocycles. The Morgan fingerprint density at radius 3 is 2.29 bits per heavy atom. The van der Waals surface area contributed by atoms with Gasteiger partial charge in [-0.1, -0.05) is 37.5 Å². The van der Waals surface area contributed by atoms with Crippen LogP contribution in [0.1, 0.15) is 32.1 Å². The van der Waals surface area contributed by atoms with Crippen LogP contribution in [0.15, 0.2) is 30.3 Å². The van der Waals surface area contributed by atoms with Crippen LogP contribution >= 0.6 is 0 Å². The summed E-state index contributed by atoms with van der Waals surface area (Å²) in [4.78, 5) is 17.1. The molecular weight excluding hydrogens is 260 g/mol. The van der Waals surface area contributed by atoms with Crippen molar-refractivity contribution in [3.8, 4) is 0 Å². The molecule has 1 aliphatic carbocycles. The van der Waals surface area contributed by atoms with Crippen molar-refractivity contribution in [1.82, 2.24) is 4.90 Å². The van der Waals surface area contributed by atoms with Gasteiger partial charge < -0.3 is 4.90 Å². The lowest BCUT2D eigenvalue weighted by Crippen LogP contribution is -2.48. The highest BCUT2D eigenvalue weighted by Crippen LogP contribution is 2.25. The minimum Gasteiger partial charge on any atom is -0.369 e. The number of ketones is 1. The quantitative estimate of drug-likeness (QED) is 0.850. The SMILES string of the molecule is O=C(CN1CCN(c2ccccc2)CC1)C1CCCCC1. The predicted molar refractivity (Wildman–Crippen MR) is 86.7 cm³/mol. The zero-order valence-electron chi connectivity index (χ0n) is 12.8. The Balaban J connectivity index is 1.46. The number of carbonyl (C=O) groups is 1. The lowest BCUT2D eigenvalue weighted by Gasteiger charge is -2.36. The van der Waals surface area contributed by atoms with Gasteiger partial charge in [-0.05, 0) is 25.0 Å². The first-order valence-corrected chi connectivity index (χ1v) is 8.38. The molecule has 1 saturated heterocycles. The number of anilines is 1. The van der Waals surface area contributed by atoms with Crippen molar-refractivity contribution in [3.05, 3.63) is 30.3 Å². The molecule has 0 amide bonds. The third-order valence-electron chi connectivity index (χ3n) is 4.93. The van der Waals surface area contributed by atoms with Crippen molar-refractivity contribution >= 4 is 11.5 Å². The third-order valence-corrected chi connectivity index (χ3v) is 4.93. The number of para-hydroxylation sites is 1. The number of carbonyl (C=O) groups excluding carboxylic acids is 1. The van der Waals surface area contributed by atoms with E-state index in [0.717, 1.165) is 39.0 Å². The van der Waals surface area contributed by atoms with E-state index in [0.29, 0.717) is 18.2 Å². The van der Waals surface area contributed by atoms with Gasteiger partial charge in [0.15, 0.2) is 0 Å². The van der Waals surface area contributed by atoms with Crippen LogP contribution in [0, 0.1) is 5.92 Å². The molecule has 0 radical (unpaired) electrons. The van der Waals surface area contributed by atoms with Crippen LogP contribution in [-0.2, 0) is 4.79 Å². The van der Waals surface area contributed by atoms with Gasteiger partial charge in [0.25, 0.3) is 0 Å². The number of Topliss-reactive ketones (excluding diaryl/α,β-unsaturated/α-hetero) is 1. The summed E-state index contributed by atoms with van der Waals surface area (Å²) in [5.74, 6) is 0.841. The number of hydrogen-bond acceptors (Lipinski definition) is 3. The fourth-order valence-corrected chi connectivity index (χ4v) is 3.58. The van der Waals surface area contributed by atoms with Crippen LogP contribution in [0.25, 0.3) is 0 Å². The highest BCUT2D eigenvalue weighted by molar-refractivity contribution is 5.83. The van der Waals surface area contributed by atoms with Crippen LogP contribution in [0.5, 0.6) is 0 Å². The van der Waals surface area contributed by atoms with Crippen molar-refractivity contribution in [3.63, 3.8) is 0 Å². The molecule has 1 aliphatic heterocycles. The molecule has 2 fully saturated rings. The van der Waals surface area contributed by atoms with E-state index in [-0.39, 0.29) is 0 Å². The van der Waals surface area contributed by atoms with Gasteiger partial charge in [-0.15, -0.1) is 0 Å². The molecule has 0 unspecified atom stereocenters. The summed E-state index contributed by atoms with van der Waals surface area (Å²) in [6.45, 7) is 4.75. The van der Waals surface area contributed by atoms with E-state index in [2.05, 4.69) is 40.1 Å². The van der Waals surface area contributed by atoms with E-state index in [4.69, 9.17) is 0 Å². The van der Waals surface area contributed by atoms with Gasteiger partial charge in [-0.2, -0.15) is 0 Å². The fraction of sp³-hybridized carbons (Fsp3) is 0.611. The third kappa shape index (κ3) is 3.85. The van der Waals surface area contributed by atoms with E-state index < -0.39 is 0 Å². The Kier molecular flexibility index (Phi) is 4.91. The second-order valence-corrected chi connectivity index (χ2v) is 6.40. The first-order chi connectivity index (χ1) is 10.3. The lowest BCUT2D eigenvalue weighted by atomic mass is 9.86. The summed E-state index contributed by atoms with van der Waals surface area (Å²) in [6, 6.07) is 10.6. The second kappa shape index (κ2) is 7.08. The smallest absolute Gasteiger partial charge is 0.149 e. The molecule has 1 aromatic rings. The van der Waals surface area contributed by atoms with Gasteiger partial charge in [0.2, 0.25) is 0 Å². The van der Waals surface area contributed by atoms with Crippen molar-refractivity contribution in [1.29, 1.82) is 0 Å². The minimum atomic E-state index is 0.353. The molecule has 0 N–H and O–H groups in total. The standard InChI is InChI=1S/C18H26N2O/c21-18(16-7-3-1-4-8-16)15-19-11-13-20(14-12-19)17-9-5-2-6-10-17/h2,5-6,9-10,16H,1,3-4,7-8,11-15H2. The molecule has 2 aliphatic rings. The average Bonchev–Trinajstić information content (AvgIpc) is 2.57.